The van der Waals surface area contributed by atoms with Gasteiger partial charge in [0.25, 0.3) is 5.91 Å². The van der Waals surface area contributed by atoms with Crippen molar-refractivity contribution < 1.29 is 23.0 Å². The van der Waals surface area contributed by atoms with E-state index in [1.807, 2.05) is 6.07 Å². The molecule has 0 bridgehead atoms. The van der Waals surface area contributed by atoms with Gasteiger partial charge < -0.3 is 14.8 Å². The molecule has 5 nitrogen and oxygen atoms in total. The number of carbonyl (C=O) groups excluding carboxylic acids is 1. The van der Waals surface area contributed by atoms with Crippen molar-refractivity contribution in [3.63, 3.8) is 0 Å². The Hall–Kier alpha value is -3.14. The first-order chi connectivity index (χ1) is 13.3. The number of nitrogens with one attached hydrogen (secondary N) is 1. The summed E-state index contributed by atoms with van der Waals surface area (Å²) >= 11 is 0. The molecular weight excluding hydrogens is 366 g/mol. The quantitative estimate of drug-likeness (QED) is 0.728. The first kappa shape index (κ1) is 21.2. The van der Waals surface area contributed by atoms with Gasteiger partial charge in [-0.1, -0.05) is 19.9 Å². The Labute approximate surface area is 162 Å². The van der Waals surface area contributed by atoms with Crippen LogP contribution in [-0.4, -0.2) is 19.6 Å². The van der Waals surface area contributed by atoms with Gasteiger partial charge in [0.05, 0.1) is 19.8 Å². The molecule has 0 aliphatic rings. The molecule has 0 aromatic heterocycles. The molecule has 0 fully saturated rings. The first-order valence-corrected chi connectivity index (χ1v) is 8.82. The van der Waals surface area contributed by atoms with E-state index in [0.29, 0.717) is 30.1 Å². The lowest BCUT2D eigenvalue weighted by Crippen LogP contribution is -2.28. The highest BCUT2D eigenvalue weighted by molar-refractivity contribution is 5.95. The van der Waals surface area contributed by atoms with Crippen molar-refractivity contribution in [2.75, 3.05) is 13.7 Å². The average Bonchev–Trinajstić information content (AvgIpc) is 2.66. The second-order valence-corrected chi connectivity index (χ2v) is 6.60. The molecule has 0 radical (unpaired) electrons. The van der Waals surface area contributed by atoms with Crippen molar-refractivity contribution in [1.29, 1.82) is 5.26 Å². The zero-order valence-electron chi connectivity index (χ0n) is 16.0. The third-order valence-corrected chi connectivity index (χ3v) is 4.06. The molecule has 0 spiro atoms. The second kappa shape index (κ2) is 9.70. The highest BCUT2D eigenvalue weighted by Gasteiger charge is 2.20. The zero-order chi connectivity index (χ0) is 20.7. The van der Waals surface area contributed by atoms with Crippen LogP contribution in [0.25, 0.3) is 0 Å². The number of rotatable bonds is 8. The number of halogens is 2. The first-order valence-electron chi connectivity index (χ1n) is 8.82. The Morgan fingerprint density at radius 3 is 2.54 bits per heavy atom. The lowest BCUT2D eigenvalue weighted by Gasteiger charge is -2.15. The number of nitrogens with zero attached hydrogens (tertiary/aromatic N) is 1. The highest BCUT2D eigenvalue weighted by Crippen LogP contribution is 2.29. The van der Waals surface area contributed by atoms with Crippen LogP contribution in [0, 0.1) is 28.9 Å². The van der Waals surface area contributed by atoms with Crippen LogP contribution in [-0.2, 0) is 0 Å². The number of benzene rings is 2. The molecule has 1 unspecified atom stereocenters. The second-order valence-electron chi connectivity index (χ2n) is 6.60. The van der Waals surface area contributed by atoms with E-state index in [4.69, 9.17) is 9.47 Å². The molecule has 1 N–H and O–H groups in total. The molecule has 0 aliphatic carbocycles. The molecular formula is C21H22F2N2O3. The maximum Gasteiger partial charge on any atom is 0.252 e. The third-order valence-electron chi connectivity index (χ3n) is 4.06. The number of carbonyl (C=O) groups is 1. The van der Waals surface area contributed by atoms with Crippen LogP contribution in [0.15, 0.2) is 36.4 Å². The van der Waals surface area contributed by atoms with E-state index < -0.39 is 23.6 Å². The summed E-state index contributed by atoms with van der Waals surface area (Å²) in [6.07, 6.45) is 0.873. The number of ether oxygens (including phenoxy) is 2. The maximum atomic E-state index is 13.9. The maximum absolute atomic E-state index is 13.9. The van der Waals surface area contributed by atoms with Gasteiger partial charge in [-0.25, -0.2) is 8.78 Å². The summed E-state index contributed by atoms with van der Waals surface area (Å²) in [6.45, 7) is 4.69. The van der Waals surface area contributed by atoms with Gasteiger partial charge in [-0.2, -0.15) is 5.26 Å². The van der Waals surface area contributed by atoms with Crippen LogP contribution in [0.1, 0.15) is 42.2 Å². The molecule has 2 aromatic carbocycles. The summed E-state index contributed by atoms with van der Waals surface area (Å²) in [4.78, 5) is 12.5. The lowest BCUT2D eigenvalue weighted by atomic mass is 10.1. The van der Waals surface area contributed by atoms with Gasteiger partial charge in [-0.15, -0.1) is 0 Å². The van der Waals surface area contributed by atoms with Crippen LogP contribution >= 0.6 is 0 Å². The number of nitriles is 1. The Morgan fingerprint density at radius 2 is 1.93 bits per heavy atom. The highest BCUT2D eigenvalue weighted by atomic mass is 19.1. The molecule has 2 aromatic rings. The van der Waals surface area contributed by atoms with E-state index in [0.717, 1.165) is 18.6 Å². The molecule has 7 heteroatoms. The van der Waals surface area contributed by atoms with Gasteiger partial charge >= 0.3 is 0 Å². The Balaban J connectivity index is 2.15. The van der Waals surface area contributed by atoms with Crippen molar-refractivity contribution >= 4 is 5.91 Å². The van der Waals surface area contributed by atoms with Crippen molar-refractivity contribution in [2.24, 2.45) is 5.92 Å². The van der Waals surface area contributed by atoms with Crippen molar-refractivity contribution in [1.82, 2.24) is 5.32 Å². The molecule has 0 saturated heterocycles. The minimum Gasteiger partial charge on any atom is -0.493 e. The normalized spacial score (nSPS) is 11.6. The van der Waals surface area contributed by atoms with E-state index in [-0.39, 0.29) is 11.1 Å². The largest absolute Gasteiger partial charge is 0.493 e. The van der Waals surface area contributed by atoms with E-state index >= 15 is 0 Å². The fraction of sp³-hybridized carbons (Fsp3) is 0.333. The predicted molar refractivity (Wildman–Crippen MR) is 100 cm³/mol. The predicted octanol–water partition coefficient (Wildman–Crippen LogP) is 4.39. The van der Waals surface area contributed by atoms with Crippen LogP contribution < -0.4 is 14.8 Å². The van der Waals surface area contributed by atoms with E-state index in [1.165, 1.54) is 19.2 Å². The Bertz CT molecular complexity index is 878. The number of hydrogen-bond donors (Lipinski definition) is 1. The lowest BCUT2D eigenvalue weighted by molar-refractivity contribution is 0.0944. The molecule has 2 rings (SSSR count). The molecule has 28 heavy (non-hydrogen) atoms. The number of methoxy groups -OCH3 is 1. The Kier molecular flexibility index (Phi) is 7.33. The summed E-state index contributed by atoms with van der Waals surface area (Å²) in [5, 5.41) is 11.7. The van der Waals surface area contributed by atoms with Gasteiger partial charge in [0.15, 0.2) is 11.5 Å². The number of amides is 1. The standard InChI is InChI=1S/C21H22F2N2O3/c1-13(2)8-9-28-19-7-4-14(10-20(19)27-3)21(26)25-18(12-24)16-6-5-15(22)11-17(16)23/h4-7,10-11,13,18H,8-9H2,1-3H3,(H,25,26). The fourth-order valence-corrected chi connectivity index (χ4v) is 2.46. The monoisotopic (exact) mass is 388 g/mol. The van der Waals surface area contributed by atoms with Crippen LogP contribution in [0.5, 0.6) is 11.5 Å². The summed E-state index contributed by atoms with van der Waals surface area (Å²) in [5.41, 5.74) is 0.105. The summed E-state index contributed by atoms with van der Waals surface area (Å²) < 4.78 is 37.9. The Morgan fingerprint density at radius 1 is 1.18 bits per heavy atom. The van der Waals surface area contributed by atoms with Gasteiger partial charge in [-0.3, -0.25) is 4.79 Å². The van der Waals surface area contributed by atoms with Crippen molar-refractivity contribution in [2.45, 2.75) is 26.3 Å². The molecule has 1 amide bonds. The van der Waals surface area contributed by atoms with E-state index in [2.05, 4.69) is 19.2 Å². The molecule has 0 heterocycles. The fourth-order valence-electron chi connectivity index (χ4n) is 2.46. The van der Waals surface area contributed by atoms with Crippen molar-refractivity contribution in [3.05, 3.63) is 59.2 Å². The summed E-state index contributed by atoms with van der Waals surface area (Å²) in [5.74, 6) is -0.896. The minimum absolute atomic E-state index is 0.113. The average molecular weight is 388 g/mol. The van der Waals surface area contributed by atoms with Crippen LogP contribution in [0.4, 0.5) is 8.78 Å². The van der Waals surface area contributed by atoms with Crippen molar-refractivity contribution in [3.8, 4) is 17.6 Å². The van der Waals surface area contributed by atoms with Gasteiger partial charge in [0.1, 0.15) is 17.7 Å². The van der Waals surface area contributed by atoms with Gasteiger partial charge in [0.2, 0.25) is 0 Å². The zero-order valence-corrected chi connectivity index (χ0v) is 16.0. The van der Waals surface area contributed by atoms with Crippen LogP contribution in [0.2, 0.25) is 0 Å². The summed E-state index contributed by atoms with van der Waals surface area (Å²) in [7, 11) is 1.46. The van der Waals surface area contributed by atoms with Gasteiger partial charge in [0, 0.05) is 17.2 Å². The summed E-state index contributed by atoms with van der Waals surface area (Å²) in [6, 6.07) is 7.98. The molecule has 0 aliphatic heterocycles. The molecule has 1 atom stereocenters. The van der Waals surface area contributed by atoms with Gasteiger partial charge in [-0.05, 0) is 36.6 Å². The number of hydrogen-bond acceptors (Lipinski definition) is 4. The minimum atomic E-state index is -1.26. The third kappa shape index (κ3) is 5.43. The van der Waals surface area contributed by atoms with E-state index in [9.17, 15) is 18.8 Å². The SMILES string of the molecule is COc1cc(C(=O)NC(C#N)c2ccc(F)cc2F)ccc1OCCC(C)C. The topological polar surface area (TPSA) is 71.3 Å². The molecule has 148 valence electrons. The molecule has 0 saturated carbocycles. The van der Waals surface area contributed by atoms with Crippen LogP contribution in [0.3, 0.4) is 0 Å². The van der Waals surface area contributed by atoms with E-state index in [1.54, 1.807) is 6.07 Å². The smallest absolute Gasteiger partial charge is 0.252 e.